The van der Waals surface area contributed by atoms with Gasteiger partial charge in [0.25, 0.3) is 5.56 Å². The van der Waals surface area contributed by atoms with E-state index in [0.717, 1.165) is 54.4 Å². The number of rotatable bonds is 5. The van der Waals surface area contributed by atoms with Crippen LogP contribution in [0.1, 0.15) is 48.3 Å². The minimum absolute atomic E-state index is 0.0257. The fourth-order valence-electron chi connectivity index (χ4n) is 4.35. The van der Waals surface area contributed by atoms with Crippen molar-refractivity contribution >= 4 is 5.91 Å². The third kappa shape index (κ3) is 4.05. The topological polar surface area (TPSA) is 78.5 Å². The summed E-state index contributed by atoms with van der Waals surface area (Å²) in [5.74, 6) is 1.87. The molecule has 0 aliphatic carbocycles. The number of fused-ring (bicyclic) bond motifs is 1. The Hall–Kier alpha value is -2.67. The number of aromatic nitrogens is 2. The van der Waals surface area contributed by atoms with E-state index in [2.05, 4.69) is 16.0 Å². The number of benzene rings is 1. The van der Waals surface area contributed by atoms with Crippen LogP contribution in [0.15, 0.2) is 29.1 Å². The lowest BCUT2D eigenvalue weighted by molar-refractivity contribution is -0.129. The number of ether oxygens (including phenoxy) is 1. The van der Waals surface area contributed by atoms with Crippen molar-refractivity contribution in [3.05, 3.63) is 57.3 Å². The Morgan fingerprint density at radius 3 is 2.93 bits per heavy atom. The molecule has 154 valence electrons. The minimum atomic E-state index is -0.0257. The predicted octanol–water partition coefficient (Wildman–Crippen LogP) is 2.06. The SMILES string of the molecule is CCC(=O)N1CC[C@@H](c2nc3c(c(=O)[nH]2)CCN(Cc2ccccc2OC)C3)C1. The molecular weight excluding hydrogens is 368 g/mol. The maximum atomic E-state index is 12.7. The van der Waals surface area contributed by atoms with Crippen molar-refractivity contribution in [3.63, 3.8) is 0 Å². The Balaban J connectivity index is 1.52. The molecular formula is C22H28N4O3. The van der Waals surface area contributed by atoms with E-state index in [1.54, 1.807) is 7.11 Å². The molecule has 2 aromatic rings. The number of hydrogen-bond acceptors (Lipinski definition) is 5. The van der Waals surface area contributed by atoms with Crippen molar-refractivity contribution in [2.45, 2.75) is 45.2 Å². The molecule has 0 radical (unpaired) electrons. The Morgan fingerprint density at radius 2 is 2.14 bits per heavy atom. The summed E-state index contributed by atoms with van der Waals surface area (Å²) in [5, 5.41) is 0. The molecule has 1 atom stereocenters. The van der Waals surface area contributed by atoms with E-state index in [0.29, 0.717) is 25.9 Å². The van der Waals surface area contributed by atoms with Gasteiger partial charge in [0.05, 0.1) is 12.8 Å². The second kappa shape index (κ2) is 8.37. The maximum absolute atomic E-state index is 12.7. The highest BCUT2D eigenvalue weighted by molar-refractivity contribution is 5.76. The number of hydrogen-bond donors (Lipinski definition) is 1. The molecule has 0 saturated carbocycles. The molecule has 7 nitrogen and oxygen atoms in total. The molecule has 1 N–H and O–H groups in total. The number of H-pyrrole nitrogens is 1. The smallest absolute Gasteiger partial charge is 0.254 e. The van der Waals surface area contributed by atoms with Gasteiger partial charge in [-0.25, -0.2) is 4.98 Å². The first-order chi connectivity index (χ1) is 14.1. The van der Waals surface area contributed by atoms with Gasteiger partial charge >= 0.3 is 0 Å². The first kappa shape index (κ1) is 19.6. The first-order valence-electron chi connectivity index (χ1n) is 10.3. The van der Waals surface area contributed by atoms with Crippen LogP contribution in [0.5, 0.6) is 5.75 Å². The van der Waals surface area contributed by atoms with Gasteiger partial charge in [0, 0.05) is 56.2 Å². The van der Waals surface area contributed by atoms with Crippen LogP contribution in [0.4, 0.5) is 0 Å². The fraction of sp³-hybridized carbons (Fsp3) is 0.500. The molecule has 0 spiro atoms. The molecule has 0 unspecified atom stereocenters. The molecule has 3 heterocycles. The summed E-state index contributed by atoms with van der Waals surface area (Å²) in [6.07, 6.45) is 2.05. The predicted molar refractivity (Wildman–Crippen MR) is 110 cm³/mol. The van der Waals surface area contributed by atoms with E-state index >= 15 is 0 Å². The Kier molecular flexibility index (Phi) is 5.67. The van der Waals surface area contributed by atoms with Crippen LogP contribution in [-0.2, 0) is 24.3 Å². The number of amides is 1. The van der Waals surface area contributed by atoms with Crippen LogP contribution in [0.3, 0.4) is 0 Å². The van der Waals surface area contributed by atoms with Gasteiger partial charge in [0.15, 0.2) is 0 Å². The van der Waals surface area contributed by atoms with E-state index in [1.807, 2.05) is 30.0 Å². The van der Waals surface area contributed by atoms with Crippen LogP contribution in [0, 0.1) is 0 Å². The Morgan fingerprint density at radius 1 is 1.31 bits per heavy atom. The molecule has 29 heavy (non-hydrogen) atoms. The lowest BCUT2D eigenvalue weighted by Crippen LogP contribution is -2.36. The third-order valence-corrected chi connectivity index (χ3v) is 5.99. The van der Waals surface area contributed by atoms with Crippen molar-refractivity contribution in [1.29, 1.82) is 0 Å². The number of likely N-dealkylation sites (tertiary alicyclic amines) is 1. The summed E-state index contributed by atoms with van der Waals surface area (Å²) < 4.78 is 5.47. The molecule has 2 aliphatic rings. The molecule has 1 aromatic carbocycles. The van der Waals surface area contributed by atoms with E-state index in [9.17, 15) is 9.59 Å². The summed E-state index contributed by atoms with van der Waals surface area (Å²) in [5.41, 5.74) is 2.77. The van der Waals surface area contributed by atoms with Gasteiger partial charge < -0.3 is 14.6 Å². The van der Waals surface area contributed by atoms with Crippen molar-refractivity contribution in [1.82, 2.24) is 19.8 Å². The van der Waals surface area contributed by atoms with Gasteiger partial charge in [-0.2, -0.15) is 0 Å². The summed E-state index contributed by atoms with van der Waals surface area (Å²) in [6, 6.07) is 8.02. The number of methoxy groups -OCH3 is 1. The molecule has 4 rings (SSSR count). The summed E-state index contributed by atoms with van der Waals surface area (Å²) in [4.78, 5) is 36.7. The molecule has 1 amide bonds. The largest absolute Gasteiger partial charge is 0.496 e. The number of para-hydroxylation sites is 1. The Bertz CT molecular complexity index is 955. The van der Waals surface area contributed by atoms with Gasteiger partial charge in [-0.1, -0.05) is 25.1 Å². The molecule has 1 fully saturated rings. The van der Waals surface area contributed by atoms with Crippen molar-refractivity contribution < 1.29 is 9.53 Å². The van der Waals surface area contributed by atoms with E-state index < -0.39 is 0 Å². The van der Waals surface area contributed by atoms with Crippen molar-refractivity contribution in [2.24, 2.45) is 0 Å². The molecule has 1 saturated heterocycles. The first-order valence-corrected chi connectivity index (χ1v) is 10.3. The molecule has 7 heteroatoms. The number of nitrogens with one attached hydrogen (secondary N) is 1. The number of aromatic amines is 1. The van der Waals surface area contributed by atoms with Crippen molar-refractivity contribution in [2.75, 3.05) is 26.7 Å². The quantitative estimate of drug-likeness (QED) is 0.837. The lowest BCUT2D eigenvalue weighted by atomic mass is 10.0. The van der Waals surface area contributed by atoms with Crippen LogP contribution in [0.2, 0.25) is 0 Å². The third-order valence-electron chi connectivity index (χ3n) is 5.99. The average Bonchev–Trinajstić information content (AvgIpc) is 3.23. The highest BCUT2D eigenvalue weighted by Gasteiger charge is 2.30. The zero-order valence-electron chi connectivity index (χ0n) is 17.1. The van der Waals surface area contributed by atoms with Gasteiger partial charge in [0.2, 0.25) is 5.91 Å². The van der Waals surface area contributed by atoms with Crippen LogP contribution >= 0.6 is 0 Å². The number of carbonyl (C=O) groups excluding carboxylic acids is 1. The zero-order chi connectivity index (χ0) is 20.4. The van der Waals surface area contributed by atoms with E-state index in [-0.39, 0.29) is 17.4 Å². The molecule has 2 aliphatic heterocycles. The maximum Gasteiger partial charge on any atom is 0.254 e. The highest BCUT2D eigenvalue weighted by atomic mass is 16.5. The second-order valence-corrected chi connectivity index (χ2v) is 7.83. The summed E-state index contributed by atoms with van der Waals surface area (Å²) in [6.45, 7) is 5.48. The van der Waals surface area contributed by atoms with Crippen LogP contribution in [0.25, 0.3) is 0 Å². The van der Waals surface area contributed by atoms with Crippen molar-refractivity contribution in [3.8, 4) is 5.75 Å². The summed E-state index contributed by atoms with van der Waals surface area (Å²) in [7, 11) is 1.69. The Labute approximate surface area is 170 Å². The minimum Gasteiger partial charge on any atom is -0.496 e. The second-order valence-electron chi connectivity index (χ2n) is 7.83. The normalized spacial score (nSPS) is 19.2. The monoisotopic (exact) mass is 396 g/mol. The molecule has 0 bridgehead atoms. The number of carbonyl (C=O) groups is 1. The standard InChI is InChI=1S/C22H28N4O3/c1-3-20(27)26-11-8-16(13-26)21-23-18-14-25(10-9-17(18)22(28)24-21)12-15-6-4-5-7-19(15)29-2/h4-7,16H,3,8-14H2,1-2H3,(H,23,24,28)/t16-/m1/s1. The van der Waals surface area contributed by atoms with E-state index in [1.165, 1.54) is 0 Å². The van der Waals surface area contributed by atoms with Gasteiger partial charge in [-0.05, 0) is 18.9 Å². The van der Waals surface area contributed by atoms with Crippen LogP contribution in [-0.4, -0.2) is 52.4 Å². The van der Waals surface area contributed by atoms with Gasteiger partial charge in [0.1, 0.15) is 11.6 Å². The summed E-state index contributed by atoms with van der Waals surface area (Å²) >= 11 is 0. The lowest BCUT2D eigenvalue weighted by Gasteiger charge is -2.28. The highest BCUT2D eigenvalue weighted by Crippen LogP contribution is 2.27. The van der Waals surface area contributed by atoms with Gasteiger partial charge in [-0.3, -0.25) is 14.5 Å². The van der Waals surface area contributed by atoms with Crippen LogP contribution < -0.4 is 10.3 Å². The number of nitrogens with zero attached hydrogens (tertiary/aromatic N) is 3. The fourth-order valence-corrected chi connectivity index (χ4v) is 4.35. The average molecular weight is 396 g/mol. The van der Waals surface area contributed by atoms with Gasteiger partial charge in [-0.15, -0.1) is 0 Å². The zero-order valence-corrected chi connectivity index (χ0v) is 17.1. The molecule has 1 aromatic heterocycles. The van der Waals surface area contributed by atoms with E-state index in [4.69, 9.17) is 9.72 Å².